The van der Waals surface area contributed by atoms with Crippen LogP contribution in [-0.2, 0) is 4.57 Å². The molecule has 0 saturated heterocycles. The van der Waals surface area contributed by atoms with Crippen LogP contribution in [0.2, 0.25) is 0 Å². The van der Waals surface area contributed by atoms with E-state index in [-0.39, 0.29) is 0 Å². The summed E-state index contributed by atoms with van der Waals surface area (Å²) in [6.45, 7) is 3.14. The molecule has 0 aliphatic heterocycles. The summed E-state index contributed by atoms with van der Waals surface area (Å²) in [6.07, 6.45) is 0. The zero-order valence-corrected chi connectivity index (χ0v) is 4.17. The Balaban J connectivity index is 3.20. The van der Waals surface area contributed by atoms with Crippen LogP contribution in [-0.4, -0.2) is 0 Å². The molecule has 0 radical (unpaired) electrons. The topological polar surface area (TPSA) is 17.1 Å². The van der Waals surface area contributed by atoms with Crippen LogP contribution < -0.4 is 0 Å². The van der Waals surface area contributed by atoms with E-state index in [0.717, 1.165) is 0 Å². The van der Waals surface area contributed by atoms with Gasteiger partial charge in [0.1, 0.15) is 0 Å². The average molecular weight is 109 g/mol. The number of rotatable bonds is 1. The van der Waals surface area contributed by atoms with Crippen molar-refractivity contribution in [3.63, 3.8) is 0 Å². The van der Waals surface area contributed by atoms with Crippen molar-refractivity contribution in [2.45, 2.75) is 0 Å². The van der Waals surface area contributed by atoms with E-state index in [2.05, 4.69) is 6.58 Å². The van der Waals surface area contributed by atoms with Crippen LogP contribution >= 0.6 is 18.4 Å². The van der Waals surface area contributed by atoms with Gasteiger partial charge in [-0.1, -0.05) is 6.58 Å². The molecular weight excluding hydrogens is 106 g/mol. The highest BCUT2D eigenvalue weighted by Gasteiger charge is 1.96. The van der Waals surface area contributed by atoms with E-state index in [1.165, 1.54) is 5.82 Å². The summed E-state index contributed by atoms with van der Waals surface area (Å²) >= 11 is 4.85. The zero-order valence-electron chi connectivity index (χ0n) is 2.52. The summed E-state index contributed by atoms with van der Waals surface area (Å²) in [5, 5.41) is 0. The van der Waals surface area contributed by atoms with E-state index >= 15 is 0 Å². The molecule has 3 heteroatoms. The van der Waals surface area contributed by atoms with Crippen LogP contribution in [0.15, 0.2) is 12.4 Å². The summed E-state index contributed by atoms with van der Waals surface area (Å²) in [5.74, 6) is 1.19. The standard InChI is InChI=1S/C2H3ClOP/c1-2-5(3)4/h2H,1H2/q+1. The van der Waals surface area contributed by atoms with E-state index in [1.54, 1.807) is 0 Å². The van der Waals surface area contributed by atoms with Crippen LogP contribution in [0.1, 0.15) is 0 Å². The van der Waals surface area contributed by atoms with Crippen molar-refractivity contribution in [1.82, 2.24) is 0 Å². The second kappa shape index (κ2) is 2.37. The lowest BCUT2D eigenvalue weighted by molar-refractivity contribution is 0.600. The molecule has 0 aromatic heterocycles. The first-order valence-corrected chi connectivity index (χ1v) is 3.25. The van der Waals surface area contributed by atoms with Gasteiger partial charge in [0.05, 0.1) is 0 Å². The maximum atomic E-state index is 9.61. The fourth-order valence-corrected chi connectivity index (χ4v) is 0. The molecule has 5 heavy (non-hydrogen) atoms. The van der Waals surface area contributed by atoms with Gasteiger partial charge in [-0.2, -0.15) is 0 Å². The van der Waals surface area contributed by atoms with Crippen molar-refractivity contribution in [1.29, 1.82) is 0 Å². The van der Waals surface area contributed by atoms with Crippen molar-refractivity contribution in [3.05, 3.63) is 12.4 Å². The molecule has 0 saturated carbocycles. The van der Waals surface area contributed by atoms with Gasteiger partial charge in [-0.05, 0) is 4.57 Å². The second-order valence-electron chi connectivity index (χ2n) is 0.455. The van der Waals surface area contributed by atoms with Gasteiger partial charge in [-0.15, -0.1) is 0 Å². The number of hydrogen-bond donors (Lipinski definition) is 0. The molecule has 0 fully saturated rings. The van der Waals surface area contributed by atoms with Crippen LogP contribution in [0.4, 0.5) is 0 Å². The predicted molar refractivity (Wildman–Crippen MR) is 23.7 cm³/mol. The third-order valence-corrected chi connectivity index (χ3v) is 0.845. The second-order valence-corrected chi connectivity index (χ2v) is 2.36. The van der Waals surface area contributed by atoms with Crippen LogP contribution in [0.3, 0.4) is 0 Å². The van der Waals surface area contributed by atoms with E-state index < -0.39 is 7.15 Å². The third kappa shape index (κ3) is 4.13. The molecule has 0 aliphatic carbocycles. The molecule has 28 valence electrons. The molecule has 1 atom stereocenters. The summed E-state index contributed by atoms with van der Waals surface area (Å²) in [7, 11) is -1.61. The molecule has 0 rings (SSSR count). The molecule has 0 aromatic carbocycles. The lowest BCUT2D eigenvalue weighted by Crippen LogP contribution is -1.18. The van der Waals surface area contributed by atoms with Crippen LogP contribution in [0.5, 0.6) is 0 Å². The van der Waals surface area contributed by atoms with Gasteiger partial charge >= 0.3 is 7.15 Å². The Morgan fingerprint density at radius 2 is 2.20 bits per heavy atom. The molecule has 0 bridgehead atoms. The monoisotopic (exact) mass is 109 g/mol. The predicted octanol–water partition coefficient (Wildman–Crippen LogP) is 2.11. The van der Waals surface area contributed by atoms with Gasteiger partial charge < -0.3 is 0 Å². The third-order valence-electron chi connectivity index (χ3n) is 0.144. The SMILES string of the molecule is C=C[P+](=O)Cl. The summed E-state index contributed by atoms with van der Waals surface area (Å²) in [5.41, 5.74) is 0. The highest BCUT2D eigenvalue weighted by atomic mass is 35.7. The van der Waals surface area contributed by atoms with Crippen molar-refractivity contribution < 1.29 is 4.57 Å². The first-order valence-electron chi connectivity index (χ1n) is 1.02. The fraction of sp³-hybridized carbons (Fsp3) is 0. The van der Waals surface area contributed by atoms with Crippen molar-refractivity contribution >= 4 is 18.4 Å². The Labute approximate surface area is 36.2 Å². The molecule has 1 unspecified atom stereocenters. The normalized spacial score (nSPS) is 10.2. The molecule has 1 nitrogen and oxygen atoms in total. The van der Waals surface area contributed by atoms with Crippen molar-refractivity contribution in [2.75, 3.05) is 0 Å². The minimum absolute atomic E-state index is 1.19. The zero-order chi connectivity index (χ0) is 4.28. The molecule has 0 aliphatic rings. The summed E-state index contributed by atoms with van der Waals surface area (Å²) < 4.78 is 9.61. The lowest BCUT2D eigenvalue weighted by Gasteiger charge is -1.38. The first kappa shape index (κ1) is 5.13. The smallest absolute Gasteiger partial charge is 0.0512 e. The number of hydrogen-bond acceptors (Lipinski definition) is 1. The van der Waals surface area contributed by atoms with Gasteiger partial charge in [-0.3, -0.25) is 0 Å². The fourth-order valence-electron chi connectivity index (χ4n) is 0. The van der Waals surface area contributed by atoms with Gasteiger partial charge in [-0.25, -0.2) is 0 Å². The lowest BCUT2D eigenvalue weighted by atomic mass is 11.3. The first-order chi connectivity index (χ1) is 2.27. The minimum atomic E-state index is -1.61. The average Bonchev–Trinajstić information content (AvgIpc) is 1.38. The number of halogens is 1. The van der Waals surface area contributed by atoms with Crippen molar-refractivity contribution in [2.24, 2.45) is 0 Å². The van der Waals surface area contributed by atoms with Crippen LogP contribution in [0, 0.1) is 0 Å². The highest BCUT2D eigenvalue weighted by molar-refractivity contribution is 7.76. The Bertz CT molecular complexity index is 60.7. The maximum Gasteiger partial charge on any atom is 0.485 e. The summed E-state index contributed by atoms with van der Waals surface area (Å²) in [4.78, 5) is 0. The largest absolute Gasteiger partial charge is 0.485 e. The molecule has 0 amide bonds. The quantitative estimate of drug-likeness (QED) is 0.472. The van der Waals surface area contributed by atoms with Gasteiger partial charge in [0.2, 0.25) is 11.2 Å². The van der Waals surface area contributed by atoms with Crippen molar-refractivity contribution in [3.8, 4) is 0 Å². The molecule has 0 heterocycles. The van der Waals surface area contributed by atoms with E-state index in [4.69, 9.17) is 11.2 Å². The molecular formula is C2H3ClOP+. The van der Waals surface area contributed by atoms with Gasteiger partial charge in [0, 0.05) is 0 Å². The minimum Gasteiger partial charge on any atom is -0.0512 e. The van der Waals surface area contributed by atoms with Gasteiger partial charge in [0.25, 0.3) is 0 Å². The van der Waals surface area contributed by atoms with E-state index in [0.29, 0.717) is 0 Å². The Morgan fingerprint density at radius 3 is 2.20 bits per heavy atom. The Kier molecular flexibility index (Phi) is 2.43. The highest BCUT2D eigenvalue weighted by Crippen LogP contribution is 2.25. The Hall–Kier alpha value is 0.130. The summed E-state index contributed by atoms with van der Waals surface area (Å²) in [6, 6.07) is 0. The molecule has 0 N–H and O–H groups in total. The Morgan fingerprint density at radius 1 is 2.00 bits per heavy atom. The molecule has 0 aromatic rings. The van der Waals surface area contributed by atoms with Gasteiger partial charge in [0.15, 0.2) is 5.82 Å². The van der Waals surface area contributed by atoms with E-state index in [1.807, 2.05) is 0 Å². The molecule has 0 spiro atoms. The van der Waals surface area contributed by atoms with E-state index in [9.17, 15) is 4.57 Å². The maximum absolute atomic E-state index is 9.61. The van der Waals surface area contributed by atoms with Crippen LogP contribution in [0.25, 0.3) is 0 Å².